The second kappa shape index (κ2) is 6.12. The first-order valence-electron chi connectivity index (χ1n) is 7.13. The number of aromatic nitrogens is 1. The maximum atomic E-state index is 12.4. The number of carbonyl (C=O) groups is 1. The lowest BCUT2D eigenvalue weighted by molar-refractivity contribution is -0.143. The number of methoxy groups -OCH3 is 1. The Morgan fingerprint density at radius 3 is 2.74 bits per heavy atom. The van der Waals surface area contributed by atoms with Crippen LogP contribution in [0.5, 0.6) is 0 Å². The lowest BCUT2D eigenvalue weighted by Crippen LogP contribution is -2.36. The van der Waals surface area contributed by atoms with E-state index in [0.717, 1.165) is 10.0 Å². The van der Waals surface area contributed by atoms with Crippen molar-refractivity contribution < 1.29 is 9.53 Å². The molecule has 0 fully saturated rings. The van der Waals surface area contributed by atoms with Crippen molar-refractivity contribution >= 4 is 33.3 Å². The zero-order chi connectivity index (χ0) is 16.6. The molecule has 1 N–H and O–H groups in total. The highest BCUT2D eigenvalue weighted by Crippen LogP contribution is 2.42. The Morgan fingerprint density at radius 1 is 1.30 bits per heavy atom. The van der Waals surface area contributed by atoms with Crippen LogP contribution in [0.25, 0.3) is 0 Å². The highest BCUT2D eigenvalue weighted by Gasteiger charge is 2.40. The van der Waals surface area contributed by atoms with E-state index in [1.54, 1.807) is 19.2 Å². The summed E-state index contributed by atoms with van der Waals surface area (Å²) in [4.78, 5) is 31.9. The number of hydrogen-bond donors (Lipinski definition) is 1. The van der Waals surface area contributed by atoms with Gasteiger partial charge in [-0.15, -0.1) is 0 Å². The molecule has 0 aliphatic carbocycles. The van der Waals surface area contributed by atoms with Crippen LogP contribution in [-0.2, 0) is 9.53 Å². The fourth-order valence-electron chi connectivity index (χ4n) is 3.04. The number of carbonyl (C=O) groups excluding carboxylic acids is 1. The normalized spacial score (nSPS) is 19.7. The average Bonchev–Trinajstić information content (AvgIpc) is 2.54. The van der Waals surface area contributed by atoms with Crippen molar-refractivity contribution in [2.24, 2.45) is 10.9 Å². The Bertz CT molecular complexity index is 857. The molecule has 3 rings (SSSR count). The van der Waals surface area contributed by atoms with E-state index in [1.807, 2.05) is 24.3 Å². The molecule has 2 atom stereocenters. The van der Waals surface area contributed by atoms with Gasteiger partial charge in [-0.25, -0.2) is 0 Å². The molecule has 2 heterocycles. The van der Waals surface area contributed by atoms with Gasteiger partial charge in [-0.1, -0.05) is 34.1 Å². The molecular formula is C17H15BrN2O3. The number of aliphatic imine (C=N–C) groups is 1. The number of fused-ring (bicyclic) bond motifs is 1. The van der Waals surface area contributed by atoms with Crippen molar-refractivity contribution in [1.82, 2.24) is 4.98 Å². The van der Waals surface area contributed by atoms with Crippen LogP contribution in [-0.4, -0.2) is 23.8 Å². The molecule has 0 bridgehead atoms. The van der Waals surface area contributed by atoms with E-state index in [1.165, 1.54) is 7.11 Å². The fraction of sp³-hybridized carbons (Fsp3) is 0.235. The maximum absolute atomic E-state index is 12.4. The standard InChI is InChI=1S/C17H15BrN2O3/c1-9-13(17(22)23-2)14(10-5-3-4-6-11(10)18)15-12(20-9)7-8-19-16(15)21/h3-8,13-14H,1-2H3,(H,19,21). The van der Waals surface area contributed by atoms with E-state index in [0.29, 0.717) is 17.0 Å². The fourth-order valence-corrected chi connectivity index (χ4v) is 3.57. The molecule has 5 nitrogen and oxygen atoms in total. The number of nitrogens with one attached hydrogen (secondary N) is 1. The van der Waals surface area contributed by atoms with Crippen LogP contribution in [0.2, 0.25) is 0 Å². The van der Waals surface area contributed by atoms with Gasteiger partial charge in [0.15, 0.2) is 0 Å². The predicted octanol–water partition coefficient (Wildman–Crippen LogP) is 3.16. The third-order valence-electron chi connectivity index (χ3n) is 4.06. The number of esters is 1. The van der Waals surface area contributed by atoms with Gasteiger partial charge in [0.2, 0.25) is 0 Å². The molecule has 0 saturated heterocycles. The second-order valence-electron chi connectivity index (χ2n) is 5.36. The zero-order valence-electron chi connectivity index (χ0n) is 12.7. The lowest BCUT2D eigenvalue weighted by atomic mass is 9.76. The molecule has 1 aromatic carbocycles. The minimum atomic E-state index is -0.630. The van der Waals surface area contributed by atoms with Crippen LogP contribution in [0.4, 0.5) is 5.69 Å². The highest BCUT2D eigenvalue weighted by molar-refractivity contribution is 9.10. The van der Waals surface area contributed by atoms with Gasteiger partial charge in [-0.05, 0) is 24.6 Å². The largest absolute Gasteiger partial charge is 0.468 e. The topological polar surface area (TPSA) is 71.5 Å². The van der Waals surface area contributed by atoms with E-state index in [-0.39, 0.29) is 5.56 Å². The lowest BCUT2D eigenvalue weighted by Gasteiger charge is -2.30. The molecule has 0 radical (unpaired) electrons. The smallest absolute Gasteiger partial charge is 0.315 e. The summed E-state index contributed by atoms with van der Waals surface area (Å²) < 4.78 is 5.80. The predicted molar refractivity (Wildman–Crippen MR) is 91.3 cm³/mol. The molecule has 1 aromatic heterocycles. The van der Waals surface area contributed by atoms with E-state index in [9.17, 15) is 9.59 Å². The second-order valence-corrected chi connectivity index (χ2v) is 6.21. The summed E-state index contributed by atoms with van der Waals surface area (Å²) in [6.07, 6.45) is 1.56. The summed E-state index contributed by atoms with van der Waals surface area (Å²) in [7, 11) is 1.34. The molecule has 23 heavy (non-hydrogen) atoms. The van der Waals surface area contributed by atoms with Crippen LogP contribution in [0.15, 0.2) is 50.8 Å². The van der Waals surface area contributed by atoms with Gasteiger partial charge >= 0.3 is 5.97 Å². The van der Waals surface area contributed by atoms with Crippen molar-refractivity contribution in [3.63, 3.8) is 0 Å². The number of aromatic amines is 1. The molecule has 0 spiro atoms. The molecule has 1 aliphatic rings. The number of halogens is 1. The summed E-state index contributed by atoms with van der Waals surface area (Å²) in [6.45, 7) is 1.79. The van der Waals surface area contributed by atoms with Crippen LogP contribution in [0, 0.1) is 5.92 Å². The van der Waals surface area contributed by atoms with Crippen molar-refractivity contribution in [1.29, 1.82) is 0 Å². The van der Waals surface area contributed by atoms with Crippen molar-refractivity contribution in [3.05, 3.63) is 62.5 Å². The summed E-state index contributed by atoms with van der Waals surface area (Å²) >= 11 is 3.52. The van der Waals surface area contributed by atoms with Gasteiger partial charge < -0.3 is 9.72 Å². The van der Waals surface area contributed by atoms with Crippen LogP contribution >= 0.6 is 15.9 Å². The van der Waals surface area contributed by atoms with Crippen molar-refractivity contribution in [3.8, 4) is 0 Å². The first-order chi connectivity index (χ1) is 11.0. The monoisotopic (exact) mass is 374 g/mol. The first-order valence-corrected chi connectivity index (χ1v) is 7.93. The Balaban J connectivity index is 2.31. The van der Waals surface area contributed by atoms with E-state index in [4.69, 9.17) is 4.74 Å². The van der Waals surface area contributed by atoms with Crippen LogP contribution < -0.4 is 5.56 Å². The molecule has 2 aromatic rings. The minimum absolute atomic E-state index is 0.242. The van der Waals surface area contributed by atoms with Gasteiger partial charge in [0.05, 0.1) is 18.4 Å². The van der Waals surface area contributed by atoms with Gasteiger partial charge in [0, 0.05) is 22.3 Å². The van der Waals surface area contributed by atoms with Crippen molar-refractivity contribution in [2.45, 2.75) is 12.8 Å². The maximum Gasteiger partial charge on any atom is 0.315 e. The van der Waals surface area contributed by atoms with Crippen molar-refractivity contribution in [2.75, 3.05) is 7.11 Å². The number of nitrogens with zero attached hydrogens (tertiary/aromatic N) is 1. The number of hydrogen-bond acceptors (Lipinski definition) is 4. The Kier molecular flexibility index (Phi) is 4.17. The number of rotatable bonds is 2. The van der Waals surface area contributed by atoms with E-state index in [2.05, 4.69) is 25.9 Å². The number of benzene rings is 1. The quantitative estimate of drug-likeness (QED) is 0.820. The average molecular weight is 375 g/mol. The molecule has 118 valence electrons. The minimum Gasteiger partial charge on any atom is -0.468 e. The third kappa shape index (κ3) is 2.63. The van der Waals surface area contributed by atoms with Gasteiger partial charge in [-0.2, -0.15) is 0 Å². The van der Waals surface area contributed by atoms with Crippen LogP contribution in [0.3, 0.4) is 0 Å². The van der Waals surface area contributed by atoms with Gasteiger partial charge in [0.25, 0.3) is 5.56 Å². The molecule has 0 saturated carbocycles. The number of ether oxygens (including phenoxy) is 1. The third-order valence-corrected chi connectivity index (χ3v) is 4.79. The Hall–Kier alpha value is -2.21. The zero-order valence-corrected chi connectivity index (χ0v) is 14.3. The summed E-state index contributed by atoms with van der Waals surface area (Å²) in [5, 5.41) is 0. The summed E-state index contributed by atoms with van der Waals surface area (Å²) in [6, 6.07) is 9.31. The first kappa shape index (κ1) is 15.7. The van der Waals surface area contributed by atoms with E-state index < -0.39 is 17.8 Å². The SMILES string of the molecule is COC(=O)C1C(C)=Nc2cc[nH]c(=O)c2C1c1ccccc1Br. The molecule has 2 unspecified atom stereocenters. The molecular weight excluding hydrogens is 360 g/mol. The highest BCUT2D eigenvalue weighted by atomic mass is 79.9. The number of H-pyrrole nitrogens is 1. The summed E-state index contributed by atoms with van der Waals surface area (Å²) in [5.41, 5.74) is 2.33. The molecule has 0 amide bonds. The Labute approximate surface area is 141 Å². The van der Waals surface area contributed by atoms with Crippen LogP contribution in [0.1, 0.15) is 24.0 Å². The molecule has 1 aliphatic heterocycles. The molecule has 6 heteroatoms. The van der Waals surface area contributed by atoms with Gasteiger partial charge in [-0.3, -0.25) is 14.6 Å². The Morgan fingerprint density at radius 2 is 2.04 bits per heavy atom. The van der Waals surface area contributed by atoms with E-state index >= 15 is 0 Å². The number of pyridine rings is 1. The van der Waals surface area contributed by atoms with Gasteiger partial charge in [0.1, 0.15) is 5.92 Å². The summed E-state index contributed by atoms with van der Waals surface area (Å²) in [5.74, 6) is -1.48.